The average Bonchev–Trinajstić information content (AvgIpc) is 2.84. The maximum Gasteiger partial charge on any atom is 0.573 e. The first-order chi connectivity index (χ1) is 17.2. The molecule has 190 valence electrons. The molecule has 36 heavy (non-hydrogen) atoms. The number of amides is 1. The van der Waals surface area contributed by atoms with E-state index in [1.54, 1.807) is 19.4 Å². The molecule has 4 rings (SSSR count). The Morgan fingerprint density at radius 1 is 1.22 bits per heavy atom. The molecule has 0 radical (unpaired) electrons. The van der Waals surface area contributed by atoms with E-state index in [0.29, 0.717) is 30.9 Å². The normalized spacial score (nSPS) is 18.1. The molecule has 0 spiro atoms. The molecule has 1 saturated heterocycles. The van der Waals surface area contributed by atoms with Gasteiger partial charge in [-0.15, -0.1) is 13.2 Å². The van der Waals surface area contributed by atoms with Crippen LogP contribution in [0.15, 0.2) is 43.0 Å². The minimum Gasteiger partial charge on any atom is -0.403 e. The van der Waals surface area contributed by atoms with Gasteiger partial charge in [0.05, 0.1) is 29.9 Å². The van der Waals surface area contributed by atoms with Crippen LogP contribution in [0.25, 0.3) is 11.4 Å². The monoisotopic (exact) mass is 504 g/mol. The van der Waals surface area contributed by atoms with Crippen molar-refractivity contribution in [2.45, 2.75) is 24.9 Å². The standard InChI is InChI=1S/C22H23F3N8O3/c1-35-17-11-33(8-5-12(17)26)15-4-7-28-9-13(15)32-21(34)19-20(27)30-10-14(31-19)18-16(3-2-6-29-18)36-22(23,24)25/h2-4,6-7,9-10,12,17H,5,8,11,26H2,1H3,(H2,27,30)(H,32,34)/t12-,17-/m0/s1. The lowest BCUT2D eigenvalue weighted by molar-refractivity contribution is -0.274. The fourth-order valence-electron chi connectivity index (χ4n) is 3.81. The number of rotatable bonds is 6. The summed E-state index contributed by atoms with van der Waals surface area (Å²) in [6, 6.07) is 3.97. The van der Waals surface area contributed by atoms with Crippen molar-refractivity contribution >= 4 is 23.1 Å². The number of carbonyl (C=O) groups is 1. The molecule has 1 aliphatic rings. The number of aromatic nitrogens is 4. The predicted octanol–water partition coefficient (Wildman–Crippen LogP) is 2.22. The van der Waals surface area contributed by atoms with Gasteiger partial charge in [0, 0.05) is 38.6 Å². The highest BCUT2D eigenvalue weighted by Gasteiger charge is 2.33. The summed E-state index contributed by atoms with van der Waals surface area (Å²) in [6.45, 7) is 1.14. The van der Waals surface area contributed by atoms with Gasteiger partial charge in [-0.05, 0) is 24.6 Å². The summed E-state index contributed by atoms with van der Waals surface area (Å²) in [5.41, 5.74) is 12.3. The number of anilines is 3. The third kappa shape index (κ3) is 5.60. The number of ether oxygens (including phenoxy) is 2. The van der Waals surface area contributed by atoms with Crippen LogP contribution in [0.2, 0.25) is 0 Å². The van der Waals surface area contributed by atoms with E-state index in [4.69, 9.17) is 16.2 Å². The summed E-state index contributed by atoms with van der Waals surface area (Å²) in [5, 5.41) is 2.71. The highest BCUT2D eigenvalue weighted by atomic mass is 19.4. The molecule has 11 nitrogen and oxygen atoms in total. The lowest BCUT2D eigenvalue weighted by atomic mass is 10.0. The molecule has 4 heterocycles. The summed E-state index contributed by atoms with van der Waals surface area (Å²) in [5.74, 6) is -1.55. The number of nitrogen functional groups attached to an aromatic ring is 1. The van der Waals surface area contributed by atoms with E-state index in [1.165, 1.54) is 18.5 Å². The molecule has 1 amide bonds. The number of methoxy groups -OCH3 is 1. The summed E-state index contributed by atoms with van der Waals surface area (Å²) in [6.07, 6.45) is 0.951. The van der Waals surface area contributed by atoms with E-state index in [2.05, 4.69) is 30.0 Å². The van der Waals surface area contributed by atoms with Gasteiger partial charge < -0.3 is 31.2 Å². The number of carbonyl (C=O) groups excluding carboxylic acids is 1. The Bertz CT molecular complexity index is 1240. The zero-order chi connectivity index (χ0) is 25.9. The molecule has 0 unspecified atom stereocenters. The van der Waals surface area contributed by atoms with Crippen molar-refractivity contribution in [1.29, 1.82) is 0 Å². The van der Waals surface area contributed by atoms with E-state index in [0.717, 1.165) is 12.3 Å². The van der Waals surface area contributed by atoms with Crippen molar-refractivity contribution in [3.05, 3.63) is 48.7 Å². The summed E-state index contributed by atoms with van der Waals surface area (Å²) < 4.78 is 47.9. The predicted molar refractivity (Wildman–Crippen MR) is 124 cm³/mol. The highest BCUT2D eigenvalue weighted by molar-refractivity contribution is 6.07. The third-order valence-corrected chi connectivity index (χ3v) is 5.55. The number of nitrogens with one attached hydrogen (secondary N) is 1. The number of nitrogens with zero attached hydrogens (tertiary/aromatic N) is 5. The Kier molecular flexibility index (Phi) is 7.17. The molecule has 1 aliphatic heterocycles. The van der Waals surface area contributed by atoms with Crippen LogP contribution >= 0.6 is 0 Å². The van der Waals surface area contributed by atoms with Crippen molar-refractivity contribution in [3.8, 4) is 17.1 Å². The summed E-state index contributed by atoms with van der Waals surface area (Å²) in [7, 11) is 1.59. The van der Waals surface area contributed by atoms with Crippen molar-refractivity contribution in [1.82, 2.24) is 19.9 Å². The Morgan fingerprint density at radius 2 is 2.03 bits per heavy atom. The fraction of sp³-hybridized carbons (Fsp3) is 0.318. The van der Waals surface area contributed by atoms with Crippen molar-refractivity contribution < 1.29 is 27.4 Å². The van der Waals surface area contributed by atoms with Crippen molar-refractivity contribution in [2.75, 3.05) is 36.1 Å². The number of halogens is 3. The van der Waals surface area contributed by atoms with Gasteiger partial charge in [0.15, 0.2) is 17.3 Å². The molecule has 14 heteroatoms. The number of alkyl halides is 3. The zero-order valence-corrected chi connectivity index (χ0v) is 19.1. The van der Waals surface area contributed by atoms with E-state index in [1.807, 2.05) is 4.90 Å². The highest BCUT2D eigenvalue weighted by Crippen LogP contribution is 2.32. The molecule has 0 aliphatic carbocycles. The second-order valence-electron chi connectivity index (χ2n) is 7.91. The van der Waals surface area contributed by atoms with Gasteiger partial charge in [-0.25, -0.2) is 9.97 Å². The molecular formula is C22H23F3N8O3. The quantitative estimate of drug-likeness (QED) is 0.455. The van der Waals surface area contributed by atoms with Crippen LogP contribution in [0, 0.1) is 0 Å². The number of hydrogen-bond acceptors (Lipinski definition) is 10. The van der Waals surface area contributed by atoms with Gasteiger partial charge in [-0.3, -0.25) is 14.8 Å². The maximum atomic E-state index is 13.1. The molecule has 0 bridgehead atoms. The largest absolute Gasteiger partial charge is 0.573 e. The van der Waals surface area contributed by atoms with Crippen LogP contribution < -0.4 is 26.4 Å². The van der Waals surface area contributed by atoms with Gasteiger partial charge in [0.1, 0.15) is 11.4 Å². The second kappa shape index (κ2) is 10.3. The molecule has 5 N–H and O–H groups in total. The van der Waals surface area contributed by atoms with Crippen LogP contribution in [-0.4, -0.2) is 64.6 Å². The van der Waals surface area contributed by atoms with Gasteiger partial charge in [-0.1, -0.05) is 0 Å². The van der Waals surface area contributed by atoms with Crippen molar-refractivity contribution in [2.24, 2.45) is 5.73 Å². The minimum atomic E-state index is -4.95. The first-order valence-corrected chi connectivity index (χ1v) is 10.8. The maximum absolute atomic E-state index is 13.1. The second-order valence-corrected chi connectivity index (χ2v) is 7.91. The molecular weight excluding hydrogens is 481 g/mol. The lowest BCUT2D eigenvalue weighted by Gasteiger charge is -2.38. The molecule has 3 aromatic heterocycles. The van der Waals surface area contributed by atoms with E-state index < -0.39 is 18.0 Å². The van der Waals surface area contributed by atoms with E-state index in [-0.39, 0.29) is 35.0 Å². The van der Waals surface area contributed by atoms with Crippen LogP contribution in [0.4, 0.5) is 30.4 Å². The van der Waals surface area contributed by atoms with Gasteiger partial charge in [0.25, 0.3) is 5.91 Å². The fourth-order valence-corrected chi connectivity index (χ4v) is 3.81. The first kappa shape index (κ1) is 25.1. The van der Waals surface area contributed by atoms with Crippen LogP contribution in [0.1, 0.15) is 16.9 Å². The smallest absolute Gasteiger partial charge is 0.403 e. The van der Waals surface area contributed by atoms with Gasteiger partial charge in [0.2, 0.25) is 0 Å². The van der Waals surface area contributed by atoms with E-state index >= 15 is 0 Å². The number of hydrogen-bond donors (Lipinski definition) is 3. The Balaban J connectivity index is 1.61. The topological polar surface area (TPSA) is 154 Å². The van der Waals surface area contributed by atoms with Gasteiger partial charge >= 0.3 is 6.36 Å². The molecule has 3 aromatic rings. The Hall–Kier alpha value is -4.04. The lowest BCUT2D eigenvalue weighted by Crippen LogP contribution is -2.51. The third-order valence-electron chi connectivity index (χ3n) is 5.55. The number of piperidine rings is 1. The van der Waals surface area contributed by atoms with E-state index in [9.17, 15) is 18.0 Å². The molecule has 2 atom stereocenters. The average molecular weight is 504 g/mol. The number of nitrogens with two attached hydrogens (primary N) is 2. The molecule has 0 aromatic carbocycles. The Morgan fingerprint density at radius 3 is 2.78 bits per heavy atom. The molecule has 0 saturated carbocycles. The van der Waals surface area contributed by atoms with Crippen LogP contribution in [0.5, 0.6) is 5.75 Å². The Labute approximate surface area is 203 Å². The summed E-state index contributed by atoms with van der Waals surface area (Å²) >= 11 is 0. The molecule has 1 fully saturated rings. The van der Waals surface area contributed by atoms with Crippen LogP contribution in [0.3, 0.4) is 0 Å². The SMILES string of the molecule is CO[C@H]1CN(c2ccncc2NC(=O)c2nc(-c3ncccc3OC(F)(F)F)cnc2N)CC[C@@H]1N. The van der Waals surface area contributed by atoms with Gasteiger partial charge in [-0.2, -0.15) is 0 Å². The zero-order valence-electron chi connectivity index (χ0n) is 19.1. The van der Waals surface area contributed by atoms with Crippen LogP contribution in [-0.2, 0) is 4.74 Å². The van der Waals surface area contributed by atoms with Crippen molar-refractivity contribution in [3.63, 3.8) is 0 Å². The minimum absolute atomic E-state index is 0.109. The first-order valence-electron chi connectivity index (χ1n) is 10.8. The summed E-state index contributed by atoms with van der Waals surface area (Å²) in [4.78, 5) is 31.2. The number of pyridine rings is 2.